The third-order valence-electron chi connectivity index (χ3n) is 2.66. The Morgan fingerprint density at radius 3 is 2.24 bits per heavy atom. The van der Waals surface area contributed by atoms with E-state index in [1.807, 2.05) is 0 Å². The van der Waals surface area contributed by atoms with E-state index in [0.29, 0.717) is 11.3 Å². The molecule has 0 fully saturated rings. The van der Waals surface area contributed by atoms with Gasteiger partial charge in [0.25, 0.3) is 0 Å². The highest BCUT2D eigenvalue weighted by atomic mass is 32.2. The number of benzene rings is 2. The summed E-state index contributed by atoms with van der Waals surface area (Å²) in [5, 5.41) is 11.9. The number of carbonyl (C=O) groups excluding carboxylic acids is 2. The van der Waals surface area contributed by atoms with Crippen molar-refractivity contribution in [2.75, 3.05) is 11.1 Å². The predicted molar refractivity (Wildman–Crippen MR) is 82.4 cm³/mol. The fourth-order valence-corrected chi connectivity index (χ4v) is 2.30. The lowest BCUT2D eigenvalue weighted by Gasteiger charge is -2.06. The molecule has 0 aliphatic rings. The summed E-state index contributed by atoms with van der Waals surface area (Å²) in [4.78, 5) is 23.6. The summed E-state index contributed by atoms with van der Waals surface area (Å²) in [5.74, 6) is -0.212. The Morgan fingerprint density at radius 2 is 1.67 bits per heavy atom. The number of hydrogen-bond acceptors (Lipinski definition) is 4. The van der Waals surface area contributed by atoms with E-state index < -0.39 is 5.91 Å². The van der Waals surface area contributed by atoms with Gasteiger partial charge in [0.1, 0.15) is 5.75 Å². The molecule has 4 N–H and O–H groups in total. The summed E-state index contributed by atoms with van der Waals surface area (Å²) in [7, 11) is 0. The quantitative estimate of drug-likeness (QED) is 0.738. The molecule has 0 atom stereocenters. The number of hydrogen-bond donors (Lipinski definition) is 3. The number of carbonyl (C=O) groups is 2. The van der Waals surface area contributed by atoms with Crippen LogP contribution in [0.1, 0.15) is 10.4 Å². The van der Waals surface area contributed by atoms with Crippen molar-refractivity contribution in [2.24, 2.45) is 5.73 Å². The first-order valence-corrected chi connectivity index (χ1v) is 7.15. The lowest BCUT2D eigenvalue weighted by Crippen LogP contribution is -2.14. The smallest absolute Gasteiger partial charge is 0.248 e. The number of anilines is 1. The zero-order chi connectivity index (χ0) is 15.2. The zero-order valence-electron chi connectivity index (χ0n) is 11.1. The Labute approximate surface area is 126 Å². The largest absolute Gasteiger partial charge is 0.508 e. The molecule has 5 nitrogen and oxygen atoms in total. The number of nitrogens with one attached hydrogen (secondary N) is 1. The van der Waals surface area contributed by atoms with Crippen LogP contribution < -0.4 is 11.1 Å². The molecule has 2 aromatic rings. The van der Waals surface area contributed by atoms with E-state index in [9.17, 15) is 9.59 Å². The number of aromatic hydroxyl groups is 1. The molecule has 0 radical (unpaired) electrons. The Balaban J connectivity index is 1.86. The molecule has 0 saturated heterocycles. The highest BCUT2D eigenvalue weighted by molar-refractivity contribution is 8.00. The molecular formula is C15H14N2O3S. The number of thioether (sulfide) groups is 1. The Morgan fingerprint density at radius 1 is 1.05 bits per heavy atom. The van der Waals surface area contributed by atoms with E-state index in [1.165, 1.54) is 11.8 Å². The van der Waals surface area contributed by atoms with Crippen LogP contribution in [-0.4, -0.2) is 22.7 Å². The molecule has 0 bridgehead atoms. The molecular weight excluding hydrogens is 288 g/mol. The van der Waals surface area contributed by atoms with E-state index in [4.69, 9.17) is 10.8 Å². The average Bonchev–Trinajstić information content (AvgIpc) is 2.47. The van der Waals surface area contributed by atoms with Gasteiger partial charge in [0, 0.05) is 16.1 Å². The molecule has 108 valence electrons. The van der Waals surface area contributed by atoms with Crippen molar-refractivity contribution in [1.82, 2.24) is 0 Å². The maximum atomic E-state index is 11.8. The van der Waals surface area contributed by atoms with E-state index in [-0.39, 0.29) is 17.4 Å². The molecule has 0 saturated carbocycles. The summed E-state index contributed by atoms with van der Waals surface area (Å²) in [5.41, 5.74) is 6.14. The van der Waals surface area contributed by atoms with Crippen molar-refractivity contribution in [2.45, 2.75) is 4.90 Å². The first-order chi connectivity index (χ1) is 10.0. The van der Waals surface area contributed by atoms with E-state index >= 15 is 0 Å². The number of amides is 2. The second kappa shape index (κ2) is 6.81. The summed E-state index contributed by atoms with van der Waals surface area (Å²) < 4.78 is 0. The van der Waals surface area contributed by atoms with Crippen LogP contribution in [0.4, 0.5) is 5.69 Å². The number of primary amides is 1. The highest BCUT2D eigenvalue weighted by Gasteiger charge is 2.05. The summed E-state index contributed by atoms with van der Waals surface area (Å²) in [6.07, 6.45) is 0. The highest BCUT2D eigenvalue weighted by Crippen LogP contribution is 2.21. The zero-order valence-corrected chi connectivity index (χ0v) is 11.9. The molecule has 0 spiro atoms. The van der Waals surface area contributed by atoms with Crippen LogP contribution in [0.25, 0.3) is 0 Å². The van der Waals surface area contributed by atoms with Gasteiger partial charge in [0.15, 0.2) is 0 Å². The van der Waals surface area contributed by atoms with Crippen molar-refractivity contribution < 1.29 is 14.7 Å². The number of phenolic OH excluding ortho intramolecular Hbond substituents is 1. The van der Waals surface area contributed by atoms with Gasteiger partial charge in [-0.3, -0.25) is 9.59 Å². The normalized spacial score (nSPS) is 10.1. The van der Waals surface area contributed by atoms with Gasteiger partial charge in [-0.25, -0.2) is 0 Å². The average molecular weight is 302 g/mol. The molecule has 0 aliphatic carbocycles. The first-order valence-electron chi connectivity index (χ1n) is 6.16. The maximum absolute atomic E-state index is 11.8. The predicted octanol–water partition coefficient (Wildman–Crippen LogP) is 2.22. The number of rotatable bonds is 5. The van der Waals surface area contributed by atoms with Crippen LogP contribution in [0.15, 0.2) is 53.4 Å². The second-order valence-electron chi connectivity index (χ2n) is 4.27. The van der Waals surface area contributed by atoms with Gasteiger partial charge in [-0.1, -0.05) is 0 Å². The lowest BCUT2D eigenvalue weighted by molar-refractivity contribution is -0.113. The van der Waals surface area contributed by atoms with Gasteiger partial charge in [0.2, 0.25) is 11.8 Å². The third-order valence-corrected chi connectivity index (χ3v) is 3.67. The van der Waals surface area contributed by atoms with Crippen LogP contribution in [-0.2, 0) is 4.79 Å². The van der Waals surface area contributed by atoms with Gasteiger partial charge < -0.3 is 16.2 Å². The molecule has 6 heteroatoms. The van der Waals surface area contributed by atoms with E-state index in [2.05, 4.69) is 5.32 Å². The number of nitrogens with two attached hydrogens (primary N) is 1. The molecule has 2 aromatic carbocycles. The topological polar surface area (TPSA) is 92.4 Å². The lowest BCUT2D eigenvalue weighted by atomic mass is 10.2. The second-order valence-corrected chi connectivity index (χ2v) is 5.32. The van der Waals surface area contributed by atoms with Crippen LogP contribution in [0.3, 0.4) is 0 Å². The van der Waals surface area contributed by atoms with Crippen molar-refractivity contribution >= 4 is 29.3 Å². The van der Waals surface area contributed by atoms with Crippen LogP contribution in [0.2, 0.25) is 0 Å². The van der Waals surface area contributed by atoms with Crippen molar-refractivity contribution in [3.05, 3.63) is 54.1 Å². The summed E-state index contributed by atoms with van der Waals surface area (Å²) in [6, 6.07) is 13.0. The minimum absolute atomic E-state index is 0.153. The molecule has 2 amide bonds. The van der Waals surface area contributed by atoms with Crippen LogP contribution in [0.5, 0.6) is 5.75 Å². The monoisotopic (exact) mass is 302 g/mol. The molecule has 0 aromatic heterocycles. The van der Waals surface area contributed by atoms with Crippen molar-refractivity contribution in [1.29, 1.82) is 0 Å². The summed E-state index contributed by atoms with van der Waals surface area (Å²) in [6.45, 7) is 0. The Kier molecular flexibility index (Phi) is 4.84. The van der Waals surface area contributed by atoms with Crippen LogP contribution >= 0.6 is 11.8 Å². The maximum Gasteiger partial charge on any atom is 0.248 e. The van der Waals surface area contributed by atoms with Crippen molar-refractivity contribution in [3.63, 3.8) is 0 Å². The molecule has 0 heterocycles. The van der Waals surface area contributed by atoms with Gasteiger partial charge in [-0.15, -0.1) is 11.8 Å². The van der Waals surface area contributed by atoms with Gasteiger partial charge in [-0.2, -0.15) is 0 Å². The minimum Gasteiger partial charge on any atom is -0.508 e. The van der Waals surface area contributed by atoms with Gasteiger partial charge in [-0.05, 0) is 48.5 Å². The molecule has 21 heavy (non-hydrogen) atoms. The first kappa shape index (κ1) is 14.9. The van der Waals surface area contributed by atoms with Gasteiger partial charge >= 0.3 is 0 Å². The van der Waals surface area contributed by atoms with Crippen molar-refractivity contribution in [3.8, 4) is 5.75 Å². The molecule has 0 unspecified atom stereocenters. The van der Waals surface area contributed by atoms with Crippen LogP contribution in [0, 0.1) is 0 Å². The van der Waals surface area contributed by atoms with E-state index in [1.54, 1.807) is 48.5 Å². The Hall–Kier alpha value is -2.47. The number of phenols is 1. The fraction of sp³-hybridized carbons (Fsp3) is 0.0667. The fourth-order valence-electron chi connectivity index (χ4n) is 1.61. The third kappa shape index (κ3) is 4.54. The van der Waals surface area contributed by atoms with Gasteiger partial charge in [0.05, 0.1) is 5.75 Å². The molecule has 2 rings (SSSR count). The molecule has 0 aliphatic heterocycles. The minimum atomic E-state index is -0.504. The SMILES string of the molecule is NC(=O)c1ccc(NC(=O)CSc2ccc(O)cc2)cc1. The summed E-state index contributed by atoms with van der Waals surface area (Å²) >= 11 is 1.37. The van der Waals surface area contributed by atoms with E-state index in [0.717, 1.165) is 4.90 Å². The Bertz CT molecular complexity index is 639. The standard InChI is InChI=1S/C15H14N2O3S/c16-15(20)10-1-3-11(4-2-10)17-14(19)9-21-13-7-5-12(18)6-8-13/h1-8,18H,9H2,(H2,16,20)(H,17,19).